The first kappa shape index (κ1) is 11.8. The van der Waals surface area contributed by atoms with Crippen molar-refractivity contribution in [3.05, 3.63) is 24.4 Å². The zero-order valence-electron chi connectivity index (χ0n) is 9.04. The first-order chi connectivity index (χ1) is 7.92. The summed E-state index contributed by atoms with van der Waals surface area (Å²) in [5.41, 5.74) is 0.917. The molecular weight excluding hydrogens is 238 g/mol. The van der Waals surface area contributed by atoms with Gasteiger partial charge in [-0.05, 0) is 30.7 Å². The molecule has 0 radical (unpaired) electrons. The molecule has 0 atom stereocenters. The van der Waals surface area contributed by atoms with Gasteiger partial charge in [-0.25, -0.2) is 0 Å². The van der Waals surface area contributed by atoms with Crippen molar-refractivity contribution in [3.63, 3.8) is 0 Å². The van der Waals surface area contributed by atoms with E-state index in [9.17, 15) is 0 Å². The van der Waals surface area contributed by atoms with Gasteiger partial charge in [0.05, 0.1) is 0 Å². The molecule has 86 valence electrons. The van der Waals surface area contributed by atoms with Gasteiger partial charge in [0.2, 0.25) is 0 Å². The normalized spacial score (nSPS) is 11.1. The molecule has 0 saturated heterocycles. The van der Waals surface area contributed by atoms with Crippen LogP contribution in [0, 0.1) is 0 Å². The first-order valence-corrected chi connectivity index (χ1v) is 7.07. The predicted octanol–water partition coefficient (Wildman–Crippen LogP) is 2.92. The zero-order chi connectivity index (χ0) is 11.2. The largest absolute Gasteiger partial charge is 0.277 e. The minimum atomic E-state index is 0.917. The number of aromatic nitrogens is 3. The van der Waals surface area contributed by atoms with Gasteiger partial charge in [0.1, 0.15) is 0 Å². The second-order valence-electron chi connectivity index (χ2n) is 3.54. The fraction of sp³-hybridized carbons (Fsp3) is 0.455. The summed E-state index contributed by atoms with van der Waals surface area (Å²) in [6.07, 6.45) is 5.66. The number of pyridine rings is 1. The minimum Gasteiger partial charge on any atom is -0.277 e. The van der Waals surface area contributed by atoms with Gasteiger partial charge in [0.15, 0.2) is 10.8 Å². The van der Waals surface area contributed by atoms with E-state index in [-0.39, 0.29) is 0 Å². The molecule has 0 N–H and O–H groups in total. The molecule has 0 aromatic carbocycles. The monoisotopic (exact) mass is 253 g/mol. The molecule has 2 aromatic rings. The molecule has 3 nitrogen and oxygen atoms in total. The van der Waals surface area contributed by atoms with Gasteiger partial charge in [-0.15, -0.1) is 10.2 Å². The van der Waals surface area contributed by atoms with Gasteiger partial charge in [-0.2, -0.15) is 12.6 Å². The van der Waals surface area contributed by atoms with E-state index in [2.05, 4.69) is 22.8 Å². The molecule has 0 amide bonds. The summed E-state index contributed by atoms with van der Waals surface area (Å²) in [5, 5.41) is 9.28. The van der Waals surface area contributed by atoms with E-state index < -0.39 is 0 Å². The second kappa shape index (κ2) is 6.15. The summed E-state index contributed by atoms with van der Waals surface area (Å²) in [6.45, 7) is 0. The van der Waals surface area contributed by atoms with Crippen LogP contribution in [0.3, 0.4) is 0 Å². The Morgan fingerprint density at radius 1 is 1.19 bits per heavy atom. The van der Waals surface area contributed by atoms with Crippen molar-refractivity contribution < 1.29 is 0 Å². The first-order valence-electron chi connectivity index (χ1n) is 5.45. The van der Waals surface area contributed by atoms with Crippen molar-refractivity contribution in [1.82, 2.24) is 14.6 Å². The number of thioether (sulfide) groups is 1. The fourth-order valence-corrected chi connectivity index (χ4v) is 2.62. The van der Waals surface area contributed by atoms with Crippen LogP contribution in [0.2, 0.25) is 0 Å². The number of nitrogens with zero attached hydrogens (tertiary/aromatic N) is 3. The molecule has 0 bridgehead atoms. The van der Waals surface area contributed by atoms with E-state index in [1.165, 1.54) is 19.3 Å². The predicted molar refractivity (Wildman–Crippen MR) is 71.4 cm³/mol. The summed E-state index contributed by atoms with van der Waals surface area (Å²) in [7, 11) is 0. The van der Waals surface area contributed by atoms with Crippen LogP contribution in [-0.4, -0.2) is 26.1 Å². The maximum atomic E-state index is 4.20. The number of hydrogen-bond acceptors (Lipinski definition) is 4. The summed E-state index contributed by atoms with van der Waals surface area (Å²) in [4.78, 5) is 0. The molecule has 2 aromatic heterocycles. The number of rotatable bonds is 6. The van der Waals surface area contributed by atoms with Gasteiger partial charge >= 0.3 is 0 Å². The molecule has 0 spiro atoms. The standard InChI is InChI=1S/C11H15N3S2/c15-8-4-1-5-9-16-11-13-12-10-6-2-3-7-14(10)11/h2-3,6-7,15H,1,4-5,8-9H2. The van der Waals surface area contributed by atoms with Crippen molar-refractivity contribution in [3.8, 4) is 0 Å². The Morgan fingerprint density at radius 3 is 3.00 bits per heavy atom. The number of unbranched alkanes of at least 4 members (excludes halogenated alkanes) is 2. The van der Waals surface area contributed by atoms with Crippen molar-refractivity contribution in [2.24, 2.45) is 0 Å². The minimum absolute atomic E-state index is 0.917. The summed E-state index contributed by atoms with van der Waals surface area (Å²) in [6, 6.07) is 5.95. The molecule has 16 heavy (non-hydrogen) atoms. The maximum Gasteiger partial charge on any atom is 0.195 e. The van der Waals surface area contributed by atoms with Gasteiger partial charge < -0.3 is 0 Å². The Kier molecular flexibility index (Phi) is 4.54. The van der Waals surface area contributed by atoms with E-state index in [4.69, 9.17) is 0 Å². The Bertz CT molecular complexity index is 441. The Labute approximate surface area is 105 Å². The summed E-state index contributed by atoms with van der Waals surface area (Å²) < 4.78 is 2.03. The molecule has 2 rings (SSSR count). The number of thiol groups is 1. The quantitative estimate of drug-likeness (QED) is 0.488. The lowest BCUT2D eigenvalue weighted by atomic mass is 10.3. The Morgan fingerprint density at radius 2 is 2.12 bits per heavy atom. The highest BCUT2D eigenvalue weighted by Gasteiger charge is 2.03. The maximum absolute atomic E-state index is 4.20. The molecule has 0 aliphatic heterocycles. The van der Waals surface area contributed by atoms with Crippen LogP contribution >= 0.6 is 24.4 Å². The third kappa shape index (κ3) is 2.92. The molecule has 2 heterocycles. The van der Waals surface area contributed by atoms with Crippen molar-refractivity contribution >= 4 is 30.0 Å². The summed E-state index contributed by atoms with van der Waals surface area (Å²) in [5.74, 6) is 2.09. The van der Waals surface area contributed by atoms with E-state index in [1.807, 2.05) is 28.8 Å². The lowest BCUT2D eigenvalue weighted by Gasteiger charge is -1.99. The van der Waals surface area contributed by atoms with Crippen LogP contribution < -0.4 is 0 Å². The fourth-order valence-electron chi connectivity index (χ4n) is 1.47. The molecule has 0 aliphatic carbocycles. The van der Waals surface area contributed by atoms with Crippen LogP contribution in [0.15, 0.2) is 29.6 Å². The third-order valence-corrected chi connectivity index (χ3v) is 3.66. The Hall–Kier alpha value is -0.680. The van der Waals surface area contributed by atoms with Crippen LogP contribution in [0.25, 0.3) is 5.65 Å². The molecular formula is C11H15N3S2. The van der Waals surface area contributed by atoms with Gasteiger partial charge in [-0.1, -0.05) is 24.2 Å². The highest BCUT2D eigenvalue weighted by molar-refractivity contribution is 7.99. The highest BCUT2D eigenvalue weighted by Crippen LogP contribution is 2.18. The topological polar surface area (TPSA) is 30.2 Å². The van der Waals surface area contributed by atoms with Crippen LogP contribution in [-0.2, 0) is 0 Å². The molecule has 5 heteroatoms. The molecule has 0 aliphatic rings. The number of fused-ring (bicyclic) bond motifs is 1. The van der Waals surface area contributed by atoms with Gasteiger partial charge in [0, 0.05) is 11.9 Å². The third-order valence-electron chi connectivity index (χ3n) is 2.32. The van der Waals surface area contributed by atoms with E-state index in [0.29, 0.717) is 0 Å². The molecule has 0 saturated carbocycles. The van der Waals surface area contributed by atoms with E-state index >= 15 is 0 Å². The van der Waals surface area contributed by atoms with Crippen LogP contribution in [0.1, 0.15) is 19.3 Å². The van der Waals surface area contributed by atoms with Crippen molar-refractivity contribution in [2.75, 3.05) is 11.5 Å². The highest BCUT2D eigenvalue weighted by atomic mass is 32.2. The zero-order valence-corrected chi connectivity index (χ0v) is 10.8. The molecule has 0 unspecified atom stereocenters. The average Bonchev–Trinajstić information content (AvgIpc) is 2.73. The lowest BCUT2D eigenvalue weighted by Crippen LogP contribution is -1.88. The SMILES string of the molecule is SCCCCCSc1nnc2ccccn12. The molecule has 0 fully saturated rings. The smallest absolute Gasteiger partial charge is 0.195 e. The number of hydrogen-bond donors (Lipinski definition) is 1. The Balaban J connectivity index is 1.89. The van der Waals surface area contributed by atoms with Crippen molar-refractivity contribution in [1.29, 1.82) is 0 Å². The second-order valence-corrected chi connectivity index (χ2v) is 5.05. The lowest BCUT2D eigenvalue weighted by molar-refractivity contribution is 0.784. The van der Waals surface area contributed by atoms with Gasteiger partial charge in [0.25, 0.3) is 0 Å². The van der Waals surface area contributed by atoms with Crippen molar-refractivity contribution in [2.45, 2.75) is 24.4 Å². The summed E-state index contributed by atoms with van der Waals surface area (Å²) >= 11 is 5.97. The van der Waals surface area contributed by atoms with Gasteiger partial charge in [-0.3, -0.25) is 4.40 Å². The van der Waals surface area contributed by atoms with E-state index in [1.54, 1.807) is 11.8 Å². The van der Waals surface area contributed by atoms with E-state index in [0.717, 1.165) is 22.3 Å². The average molecular weight is 253 g/mol. The van der Waals surface area contributed by atoms with Crippen LogP contribution in [0.5, 0.6) is 0 Å². The van der Waals surface area contributed by atoms with Crippen LogP contribution in [0.4, 0.5) is 0 Å².